The summed E-state index contributed by atoms with van der Waals surface area (Å²) >= 11 is 0. The number of carboxylic acid groups (broad SMARTS) is 1. The first-order valence-corrected chi connectivity index (χ1v) is 5.22. The first-order chi connectivity index (χ1) is 7.18. The van der Waals surface area contributed by atoms with E-state index in [0.717, 1.165) is 6.54 Å². The molecule has 1 N–H and O–H groups in total. The topological polar surface area (TPSA) is 53.7 Å². The number of carboxylic acids is 1. The molecule has 1 saturated heterocycles. The van der Waals surface area contributed by atoms with Crippen molar-refractivity contribution in [3.05, 3.63) is 23.7 Å². The van der Waals surface area contributed by atoms with Gasteiger partial charge in [0.25, 0.3) is 0 Å². The summed E-state index contributed by atoms with van der Waals surface area (Å²) in [5, 5.41) is 8.92. The third kappa shape index (κ3) is 2.04. The number of furan rings is 1. The lowest BCUT2D eigenvalue weighted by Gasteiger charge is -2.19. The number of carbonyl (C=O) groups is 1. The zero-order valence-electron chi connectivity index (χ0n) is 8.77. The van der Waals surface area contributed by atoms with E-state index in [4.69, 9.17) is 9.52 Å². The van der Waals surface area contributed by atoms with E-state index in [9.17, 15) is 4.79 Å². The maximum Gasteiger partial charge on any atom is 0.339 e. The summed E-state index contributed by atoms with van der Waals surface area (Å²) in [4.78, 5) is 13.1. The van der Waals surface area contributed by atoms with Crippen LogP contribution in [-0.4, -0.2) is 28.6 Å². The van der Waals surface area contributed by atoms with Crippen molar-refractivity contribution in [3.8, 4) is 0 Å². The summed E-state index contributed by atoms with van der Waals surface area (Å²) in [5.41, 5.74) is 0.286. The maximum atomic E-state index is 10.9. The van der Waals surface area contributed by atoms with E-state index < -0.39 is 5.97 Å². The van der Waals surface area contributed by atoms with Crippen LogP contribution in [0.5, 0.6) is 0 Å². The van der Waals surface area contributed by atoms with Crippen LogP contribution in [0.3, 0.4) is 0 Å². The third-order valence-corrected chi connectivity index (χ3v) is 3.01. The Kier molecular flexibility index (Phi) is 2.77. The van der Waals surface area contributed by atoms with E-state index in [1.807, 2.05) is 0 Å². The van der Waals surface area contributed by atoms with Gasteiger partial charge in [0.05, 0.1) is 12.8 Å². The van der Waals surface area contributed by atoms with Crippen LogP contribution >= 0.6 is 0 Å². The molecular weight excluding hydrogens is 194 g/mol. The average molecular weight is 209 g/mol. The quantitative estimate of drug-likeness (QED) is 0.826. The van der Waals surface area contributed by atoms with Gasteiger partial charge in [-0.1, -0.05) is 0 Å². The van der Waals surface area contributed by atoms with Crippen LogP contribution in [0.15, 0.2) is 16.7 Å². The lowest BCUT2D eigenvalue weighted by Crippen LogP contribution is -2.26. The molecule has 82 valence electrons. The molecule has 1 fully saturated rings. The summed E-state index contributed by atoms with van der Waals surface area (Å²) < 4.78 is 5.21. The van der Waals surface area contributed by atoms with Crippen LogP contribution in [0, 0.1) is 0 Å². The van der Waals surface area contributed by atoms with Crippen LogP contribution in [0.25, 0.3) is 0 Å². The van der Waals surface area contributed by atoms with E-state index in [1.54, 1.807) is 0 Å². The van der Waals surface area contributed by atoms with Crippen LogP contribution < -0.4 is 0 Å². The molecule has 2 heterocycles. The Balaban J connectivity index is 2.10. The molecule has 0 spiro atoms. The van der Waals surface area contributed by atoms with Gasteiger partial charge in [0.1, 0.15) is 11.3 Å². The van der Waals surface area contributed by atoms with Gasteiger partial charge < -0.3 is 9.52 Å². The smallest absolute Gasteiger partial charge is 0.339 e. The van der Waals surface area contributed by atoms with Crippen LogP contribution in [-0.2, 0) is 6.54 Å². The molecule has 1 aromatic heterocycles. The van der Waals surface area contributed by atoms with Gasteiger partial charge >= 0.3 is 5.97 Å². The molecule has 4 heteroatoms. The minimum absolute atomic E-state index is 0.286. The first-order valence-electron chi connectivity index (χ1n) is 5.22. The lowest BCUT2D eigenvalue weighted by molar-refractivity contribution is 0.0692. The number of aromatic carboxylic acids is 1. The zero-order valence-corrected chi connectivity index (χ0v) is 8.77. The van der Waals surface area contributed by atoms with Gasteiger partial charge in [-0.3, -0.25) is 4.90 Å². The Hall–Kier alpha value is -1.29. The minimum atomic E-state index is -0.911. The fraction of sp³-hybridized carbons (Fsp3) is 0.545. The maximum absolute atomic E-state index is 10.9. The van der Waals surface area contributed by atoms with Gasteiger partial charge in [-0.2, -0.15) is 0 Å². The Morgan fingerprint density at radius 1 is 1.73 bits per heavy atom. The summed E-state index contributed by atoms with van der Waals surface area (Å²) in [6.07, 6.45) is 3.81. The molecule has 0 radical (unpaired) electrons. The van der Waals surface area contributed by atoms with Gasteiger partial charge in [-0.25, -0.2) is 4.79 Å². The van der Waals surface area contributed by atoms with Gasteiger partial charge in [-0.05, 0) is 32.4 Å². The third-order valence-electron chi connectivity index (χ3n) is 3.01. The highest BCUT2D eigenvalue weighted by molar-refractivity contribution is 5.88. The standard InChI is InChI=1S/C11H15NO3/c1-8-3-2-5-12(8)7-10-9(11(13)14)4-6-15-10/h4,6,8H,2-3,5,7H2,1H3,(H,13,14). The van der Waals surface area contributed by atoms with Crippen molar-refractivity contribution in [1.29, 1.82) is 0 Å². The Bertz CT molecular complexity index is 358. The molecule has 0 aliphatic carbocycles. The zero-order chi connectivity index (χ0) is 10.8. The molecular formula is C11H15NO3. The largest absolute Gasteiger partial charge is 0.478 e. The van der Waals surface area contributed by atoms with E-state index >= 15 is 0 Å². The van der Waals surface area contributed by atoms with E-state index in [-0.39, 0.29) is 5.56 Å². The molecule has 0 aromatic carbocycles. The molecule has 0 bridgehead atoms. The fourth-order valence-corrected chi connectivity index (χ4v) is 2.07. The van der Waals surface area contributed by atoms with Gasteiger partial charge in [-0.15, -0.1) is 0 Å². The van der Waals surface area contributed by atoms with Gasteiger partial charge in [0.15, 0.2) is 0 Å². The second-order valence-corrected chi connectivity index (χ2v) is 4.02. The second-order valence-electron chi connectivity index (χ2n) is 4.02. The van der Waals surface area contributed by atoms with E-state index in [1.165, 1.54) is 25.2 Å². The van der Waals surface area contributed by atoms with E-state index in [0.29, 0.717) is 18.3 Å². The predicted octanol–water partition coefficient (Wildman–Crippen LogP) is 1.96. The fourth-order valence-electron chi connectivity index (χ4n) is 2.07. The molecule has 4 nitrogen and oxygen atoms in total. The molecule has 1 aliphatic rings. The minimum Gasteiger partial charge on any atom is -0.478 e. The molecule has 1 aromatic rings. The molecule has 1 atom stereocenters. The Morgan fingerprint density at radius 3 is 3.13 bits per heavy atom. The summed E-state index contributed by atoms with van der Waals surface area (Å²) in [7, 11) is 0. The van der Waals surface area contributed by atoms with Crippen LogP contribution in [0.1, 0.15) is 35.9 Å². The number of nitrogens with zero attached hydrogens (tertiary/aromatic N) is 1. The van der Waals surface area contributed by atoms with Gasteiger partial charge in [0.2, 0.25) is 0 Å². The van der Waals surface area contributed by atoms with Crippen molar-refractivity contribution >= 4 is 5.97 Å². The molecule has 1 aliphatic heterocycles. The van der Waals surface area contributed by atoms with Crippen molar-refractivity contribution < 1.29 is 14.3 Å². The SMILES string of the molecule is CC1CCCN1Cc1occc1C(=O)O. The molecule has 2 rings (SSSR count). The second kappa shape index (κ2) is 4.06. The number of rotatable bonds is 3. The summed E-state index contributed by atoms with van der Waals surface area (Å²) in [6.45, 7) is 3.80. The molecule has 1 unspecified atom stereocenters. The molecule has 0 saturated carbocycles. The van der Waals surface area contributed by atoms with Crippen molar-refractivity contribution in [3.63, 3.8) is 0 Å². The average Bonchev–Trinajstić information content (AvgIpc) is 2.77. The van der Waals surface area contributed by atoms with E-state index in [2.05, 4.69) is 11.8 Å². The first kappa shape index (κ1) is 10.2. The number of hydrogen-bond donors (Lipinski definition) is 1. The van der Waals surface area contributed by atoms with Crippen molar-refractivity contribution in [2.45, 2.75) is 32.4 Å². The summed E-state index contributed by atoms with van der Waals surface area (Å²) in [5.74, 6) is -0.346. The van der Waals surface area contributed by atoms with Crippen molar-refractivity contribution in [2.24, 2.45) is 0 Å². The lowest BCUT2D eigenvalue weighted by atomic mass is 10.2. The highest BCUT2D eigenvalue weighted by Crippen LogP contribution is 2.21. The normalized spacial score (nSPS) is 22.1. The Labute approximate surface area is 88.5 Å². The Morgan fingerprint density at radius 2 is 2.53 bits per heavy atom. The number of likely N-dealkylation sites (tertiary alicyclic amines) is 1. The number of hydrogen-bond acceptors (Lipinski definition) is 3. The monoisotopic (exact) mass is 209 g/mol. The highest BCUT2D eigenvalue weighted by Gasteiger charge is 2.23. The van der Waals surface area contributed by atoms with Gasteiger partial charge in [0, 0.05) is 6.04 Å². The van der Waals surface area contributed by atoms with Crippen molar-refractivity contribution in [2.75, 3.05) is 6.54 Å². The van der Waals surface area contributed by atoms with Crippen LogP contribution in [0.4, 0.5) is 0 Å². The van der Waals surface area contributed by atoms with Crippen LogP contribution in [0.2, 0.25) is 0 Å². The highest BCUT2D eigenvalue weighted by atomic mass is 16.4. The molecule has 0 amide bonds. The molecule has 15 heavy (non-hydrogen) atoms. The van der Waals surface area contributed by atoms with Crippen molar-refractivity contribution in [1.82, 2.24) is 4.90 Å². The predicted molar refractivity (Wildman–Crippen MR) is 54.8 cm³/mol. The summed E-state index contributed by atoms with van der Waals surface area (Å²) in [6, 6.07) is 2.04.